The molecule has 0 atom stereocenters. The van der Waals surface area contributed by atoms with Crippen molar-refractivity contribution in [3.8, 4) is 0 Å². The van der Waals surface area contributed by atoms with E-state index in [0.29, 0.717) is 13.0 Å². The van der Waals surface area contributed by atoms with Gasteiger partial charge in [0.05, 0.1) is 13.0 Å². The SMILES string of the molecule is CSSCCC(=O)OCCCN(C)C. The number of ether oxygens (including phenoxy) is 1. The van der Waals surface area contributed by atoms with Crippen LogP contribution < -0.4 is 0 Å². The van der Waals surface area contributed by atoms with Gasteiger partial charge in [-0.25, -0.2) is 0 Å². The van der Waals surface area contributed by atoms with Crippen LogP contribution in [0, 0.1) is 0 Å². The third kappa shape index (κ3) is 10.2. The van der Waals surface area contributed by atoms with E-state index < -0.39 is 0 Å². The van der Waals surface area contributed by atoms with Crippen LogP contribution in [0.15, 0.2) is 0 Å². The Labute approximate surface area is 94.3 Å². The molecular formula is C9H19NO2S2. The molecule has 0 radical (unpaired) electrons. The van der Waals surface area contributed by atoms with E-state index in [0.717, 1.165) is 18.7 Å². The predicted octanol–water partition coefficient (Wildman–Crippen LogP) is 1.88. The van der Waals surface area contributed by atoms with Crippen molar-refractivity contribution in [3.05, 3.63) is 0 Å². The van der Waals surface area contributed by atoms with Crippen LogP contribution in [-0.2, 0) is 9.53 Å². The highest BCUT2D eigenvalue weighted by Gasteiger charge is 2.02. The molecule has 0 saturated carbocycles. The summed E-state index contributed by atoms with van der Waals surface area (Å²) in [5, 5.41) is 0. The first-order chi connectivity index (χ1) is 6.66. The van der Waals surface area contributed by atoms with Gasteiger partial charge in [-0.1, -0.05) is 21.6 Å². The van der Waals surface area contributed by atoms with Crippen molar-refractivity contribution in [2.45, 2.75) is 12.8 Å². The summed E-state index contributed by atoms with van der Waals surface area (Å²) in [7, 11) is 7.39. The molecule has 0 aliphatic heterocycles. The first kappa shape index (κ1) is 14.1. The number of hydrogen-bond acceptors (Lipinski definition) is 5. The Morgan fingerprint density at radius 3 is 2.71 bits per heavy atom. The van der Waals surface area contributed by atoms with Gasteiger partial charge in [-0.3, -0.25) is 4.79 Å². The summed E-state index contributed by atoms with van der Waals surface area (Å²) in [6.45, 7) is 1.51. The Bertz CT molecular complexity index is 154. The van der Waals surface area contributed by atoms with Gasteiger partial charge in [0.2, 0.25) is 0 Å². The van der Waals surface area contributed by atoms with Crippen molar-refractivity contribution in [2.75, 3.05) is 39.3 Å². The van der Waals surface area contributed by atoms with Crippen molar-refractivity contribution in [2.24, 2.45) is 0 Å². The lowest BCUT2D eigenvalue weighted by Crippen LogP contribution is -2.16. The zero-order valence-corrected chi connectivity index (χ0v) is 10.7. The zero-order valence-electron chi connectivity index (χ0n) is 9.12. The molecule has 84 valence electrons. The van der Waals surface area contributed by atoms with Crippen molar-refractivity contribution >= 4 is 27.6 Å². The molecule has 0 rings (SSSR count). The molecule has 0 saturated heterocycles. The molecule has 0 aromatic carbocycles. The van der Waals surface area contributed by atoms with E-state index in [4.69, 9.17) is 4.74 Å². The fourth-order valence-corrected chi connectivity index (χ4v) is 2.01. The van der Waals surface area contributed by atoms with Crippen LogP contribution in [0.1, 0.15) is 12.8 Å². The predicted molar refractivity (Wildman–Crippen MR) is 64.7 cm³/mol. The summed E-state index contributed by atoms with van der Waals surface area (Å²) < 4.78 is 5.05. The molecule has 0 aliphatic carbocycles. The normalized spacial score (nSPS) is 10.6. The number of carbonyl (C=O) groups excluding carboxylic acids is 1. The van der Waals surface area contributed by atoms with Crippen LogP contribution >= 0.6 is 21.6 Å². The Morgan fingerprint density at radius 2 is 2.14 bits per heavy atom. The minimum Gasteiger partial charge on any atom is -0.466 e. The summed E-state index contributed by atoms with van der Waals surface area (Å²) in [5.41, 5.74) is 0. The molecule has 0 spiro atoms. The molecule has 0 heterocycles. The topological polar surface area (TPSA) is 29.5 Å². The second-order valence-corrected chi connectivity index (χ2v) is 5.80. The molecule has 14 heavy (non-hydrogen) atoms. The van der Waals surface area contributed by atoms with Crippen molar-refractivity contribution in [3.63, 3.8) is 0 Å². The summed E-state index contributed by atoms with van der Waals surface area (Å²) in [6, 6.07) is 0. The highest BCUT2D eigenvalue weighted by atomic mass is 33.1. The molecule has 0 unspecified atom stereocenters. The number of esters is 1. The Morgan fingerprint density at radius 1 is 1.43 bits per heavy atom. The van der Waals surface area contributed by atoms with E-state index >= 15 is 0 Å². The highest BCUT2D eigenvalue weighted by Crippen LogP contribution is 2.17. The molecule has 5 heteroatoms. The maximum absolute atomic E-state index is 11.1. The van der Waals surface area contributed by atoms with E-state index in [1.807, 2.05) is 20.4 Å². The van der Waals surface area contributed by atoms with Gasteiger partial charge < -0.3 is 9.64 Å². The number of rotatable bonds is 8. The Hall–Kier alpha value is 0.130. The Kier molecular flexibility index (Phi) is 9.77. The van der Waals surface area contributed by atoms with Crippen LogP contribution in [-0.4, -0.2) is 50.1 Å². The first-order valence-corrected chi connectivity index (χ1v) is 7.35. The lowest BCUT2D eigenvalue weighted by Gasteiger charge is -2.09. The average Bonchev–Trinajstić information content (AvgIpc) is 2.13. The van der Waals surface area contributed by atoms with Crippen molar-refractivity contribution in [1.29, 1.82) is 0 Å². The van der Waals surface area contributed by atoms with Gasteiger partial charge in [-0.15, -0.1) is 0 Å². The van der Waals surface area contributed by atoms with Crippen LogP contribution in [0.2, 0.25) is 0 Å². The van der Waals surface area contributed by atoms with Crippen LogP contribution in [0.25, 0.3) is 0 Å². The van der Waals surface area contributed by atoms with E-state index in [-0.39, 0.29) is 5.97 Å². The smallest absolute Gasteiger partial charge is 0.306 e. The average molecular weight is 237 g/mol. The summed E-state index contributed by atoms with van der Waals surface area (Å²) in [4.78, 5) is 13.2. The fraction of sp³-hybridized carbons (Fsp3) is 0.889. The quantitative estimate of drug-likeness (QED) is 0.365. The van der Waals surface area contributed by atoms with Gasteiger partial charge in [0, 0.05) is 12.3 Å². The summed E-state index contributed by atoms with van der Waals surface area (Å²) in [5.74, 6) is 0.763. The van der Waals surface area contributed by atoms with Crippen LogP contribution in [0.5, 0.6) is 0 Å². The van der Waals surface area contributed by atoms with E-state index in [1.54, 1.807) is 21.6 Å². The lowest BCUT2D eigenvalue weighted by atomic mass is 10.4. The molecule has 0 aromatic heterocycles. The fourth-order valence-electron chi connectivity index (χ4n) is 0.847. The molecule has 0 aliphatic rings. The van der Waals surface area contributed by atoms with Gasteiger partial charge in [-0.05, 0) is 26.8 Å². The van der Waals surface area contributed by atoms with Crippen molar-refractivity contribution < 1.29 is 9.53 Å². The second kappa shape index (κ2) is 9.68. The summed E-state index contributed by atoms with van der Waals surface area (Å²) >= 11 is 0. The van der Waals surface area contributed by atoms with Gasteiger partial charge in [-0.2, -0.15) is 0 Å². The minimum atomic E-state index is -0.0784. The second-order valence-electron chi connectivity index (χ2n) is 3.12. The maximum atomic E-state index is 11.1. The third-order valence-corrected chi connectivity index (χ3v) is 3.33. The van der Waals surface area contributed by atoms with Gasteiger partial charge in [0.25, 0.3) is 0 Å². The van der Waals surface area contributed by atoms with Gasteiger partial charge >= 0.3 is 5.97 Å². The number of carbonyl (C=O) groups is 1. The summed E-state index contributed by atoms with van der Waals surface area (Å²) in [6.07, 6.45) is 3.44. The van der Waals surface area contributed by atoms with Crippen molar-refractivity contribution in [1.82, 2.24) is 4.90 Å². The molecule has 3 nitrogen and oxygen atoms in total. The standard InChI is InChI=1S/C9H19NO2S2/c1-10(2)6-4-7-12-9(11)5-8-14-13-3/h4-8H2,1-3H3. The molecule has 0 amide bonds. The van der Waals surface area contributed by atoms with E-state index in [9.17, 15) is 4.79 Å². The van der Waals surface area contributed by atoms with Crippen LogP contribution in [0.4, 0.5) is 0 Å². The van der Waals surface area contributed by atoms with E-state index in [1.165, 1.54) is 0 Å². The van der Waals surface area contributed by atoms with Gasteiger partial charge in [0.1, 0.15) is 0 Å². The lowest BCUT2D eigenvalue weighted by molar-refractivity contribution is -0.143. The molecular weight excluding hydrogens is 218 g/mol. The van der Waals surface area contributed by atoms with Gasteiger partial charge in [0.15, 0.2) is 0 Å². The molecule has 0 N–H and O–H groups in total. The van der Waals surface area contributed by atoms with E-state index in [2.05, 4.69) is 4.90 Å². The molecule has 0 aromatic rings. The monoisotopic (exact) mass is 237 g/mol. The molecule has 0 bridgehead atoms. The largest absolute Gasteiger partial charge is 0.466 e. The maximum Gasteiger partial charge on any atom is 0.306 e. The Balaban J connectivity index is 3.18. The zero-order chi connectivity index (χ0) is 10.8. The van der Waals surface area contributed by atoms with Crippen LogP contribution in [0.3, 0.4) is 0 Å². The highest BCUT2D eigenvalue weighted by molar-refractivity contribution is 8.76. The minimum absolute atomic E-state index is 0.0784. The number of nitrogens with zero attached hydrogens (tertiary/aromatic N) is 1. The molecule has 0 fully saturated rings. The number of hydrogen-bond donors (Lipinski definition) is 0. The first-order valence-electron chi connectivity index (χ1n) is 4.62. The third-order valence-electron chi connectivity index (χ3n) is 1.52.